The van der Waals surface area contributed by atoms with E-state index in [-0.39, 0.29) is 0 Å². The Morgan fingerprint density at radius 2 is 1.39 bits per heavy atom. The van der Waals surface area contributed by atoms with E-state index in [0.29, 0.717) is 0 Å². The predicted octanol–water partition coefficient (Wildman–Crippen LogP) is 7.83. The highest BCUT2D eigenvalue weighted by Gasteiger charge is 2.06. The van der Waals surface area contributed by atoms with Gasteiger partial charge in [0.1, 0.15) is 0 Å². The SMILES string of the molecule is C1=Cc2ccccc2C1.CC1=Cc2ccccc2C1.ClP(Cl)Cl. The summed E-state index contributed by atoms with van der Waals surface area (Å²) in [6.07, 6.45) is 8.90. The summed E-state index contributed by atoms with van der Waals surface area (Å²) in [5.41, 5.74) is 7.19. The van der Waals surface area contributed by atoms with E-state index in [2.05, 4.69) is 73.7 Å². The quantitative estimate of drug-likeness (QED) is 0.406. The fourth-order valence-electron chi connectivity index (χ4n) is 2.65. The van der Waals surface area contributed by atoms with Crippen LogP contribution in [0.3, 0.4) is 0 Å². The minimum Gasteiger partial charge on any atom is -0.0795 e. The molecule has 2 aromatic rings. The molecule has 0 N–H and O–H groups in total. The molecule has 0 heterocycles. The maximum absolute atomic E-state index is 4.87. The van der Waals surface area contributed by atoms with Crippen molar-refractivity contribution in [1.29, 1.82) is 0 Å². The molecule has 0 radical (unpaired) electrons. The lowest BCUT2D eigenvalue weighted by atomic mass is 10.1. The fourth-order valence-corrected chi connectivity index (χ4v) is 2.65. The lowest BCUT2D eigenvalue weighted by Gasteiger charge is -1.93. The molecule has 120 valence electrons. The highest BCUT2D eigenvalue weighted by Crippen LogP contribution is 2.51. The minimum atomic E-state index is -1.20. The third-order valence-corrected chi connectivity index (χ3v) is 3.62. The Kier molecular flexibility index (Phi) is 7.66. The van der Waals surface area contributed by atoms with Gasteiger partial charge in [-0.2, -0.15) is 0 Å². The molecule has 0 amide bonds. The largest absolute Gasteiger partial charge is 0.179 e. The molecule has 23 heavy (non-hydrogen) atoms. The Morgan fingerprint density at radius 3 is 2.00 bits per heavy atom. The Hall–Kier alpha value is -0.780. The van der Waals surface area contributed by atoms with Crippen LogP contribution in [0.5, 0.6) is 0 Å². The van der Waals surface area contributed by atoms with E-state index in [1.807, 2.05) is 0 Å². The van der Waals surface area contributed by atoms with Crippen LogP contribution < -0.4 is 0 Å². The highest BCUT2D eigenvalue weighted by molar-refractivity contribution is 8.20. The summed E-state index contributed by atoms with van der Waals surface area (Å²) >= 11 is 14.6. The number of halogens is 3. The monoisotopic (exact) mass is 382 g/mol. The Balaban J connectivity index is 0.000000137. The second-order valence-corrected chi connectivity index (χ2v) is 10.3. The lowest BCUT2D eigenvalue weighted by Crippen LogP contribution is -1.79. The van der Waals surface area contributed by atoms with Gasteiger partial charge in [-0.3, -0.25) is 0 Å². The zero-order chi connectivity index (χ0) is 16.7. The topological polar surface area (TPSA) is 0 Å². The van der Waals surface area contributed by atoms with Gasteiger partial charge in [-0.25, -0.2) is 0 Å². The maximum atomic E-state index is 4.87. The first-order valence-electron chi connectivity index (χ1n) is 7.33. The van der Waals surface area contributed by atoms with Crippen LogP contribution in [-0.2, 0) is 12.8 Å². The molecule has 0 unspecified atom stereocenters. The van der Waals surface area contributed by atoms with E-state index in [4.69, 9.17) is 33.7 Å². The van der Waals surface area contributed by atoms with Crippen LogP contribution in [0, 0.1) is 0 Å². The van der Waals surface area contributed by atoms with Crippen LogP contribution in [0.1, 0.15) is 29.2 Å². The molecular weight excluding hydrogens is 366 g/mol. The third kappa shape index (κ3) is 6.32. The fraction of sp³-hybridized carbons (Fsp3) is 0.158. The number of rotatable bonds is 0. The van der Waals surface area contributed by atoms with Gasteiger partial charge < -0.3 is 0 Å². The minimum absolute atomic E-state index is 1.12. The van der Waals surface area contributed by atoms with Crippen molar-refractivity contribution >= 4 is 51.9 Å². The number of fused-ring (bicyclic) bond motifs is 2. The molecule has 2 aliphatic carbocycles. The molecule has 0 atom stereocenters. The molecule has 0 spiro atoms. The van der Waals surface area contributed by atoms with Crippen molar-refractivity contribution in [2.45, 2.75) is 19.8 Å². The van der Waals surface area contributed by atoms with Crippen molar-refractivity contribution in [2.75, 3.05) is 0 Å². The standard InChI is InChI=1S/C10H10.C9H8.Cl3P/c1-8-6-9-4-2-3-5-10(9)7-8;1-2-5-9-7-3-6-8(9)4-1;1-4(2)3/h2-6H,7H2,1H3;1-6H,7H2;. The van der Waals surface area contributed by atoms with Gasteiger partial charge >= 0.3 is 0 Å². The molecule has 2 aliphatic rings. The Bertz CT molecular complexity index is 703. The average molecular weight is 384 g/mol. The van der Waals surface area contributed by atoms with Crippen LogP contribution in [0.25, 0.3) is 12.2 Å². The summed E-state index contributed by atoms with van der Waals surface area (Å²) in [7, 11) is 0. The van der Waals surface area contributed by atoms with Crippen molar-refractivity contribution in [2.24, 2.45) is 0 Å². The molecule has 0 fully saturated rings. The molecule has 0 nitrogen and oxygen atoms in total. The molecule has 0 aromatic heterocycles. The van der Waals surface area contributed by atoms with Gasteiger partial charge in [-0.1, -0.05) is 106 Å². The maximum Gasteiger partial charge on any atom is 0.179 e. The van der Waals surface area contributed by atoms with Crippen LogP contribution in [0.2, 0.25) is 0 Å². The van der Waals surface area contributed by atoms with Gasteiger partial charge in [-0.05, 0) is 42.0 Å². The Labute approximate surface area is 153 Å². The highest BCUT2D eigenvalue weighted by atomic mass is 36.0. The second kappa shape index (κ2) is 9.50. The van der Waals surface area contributed by atoms with Crippen LogP contribution in [0.15, 0.2) is 60.2 Å². The van der Waals surface area contributed by atoms with Gasteiger partial charge in [0.2, 0.25) is 0 Å². The third-order valence-electron chi connectivity index (χ3n) is 3.62. The van der Waals surface area contributed by atoms with Crippen molar-refractivity contribution < 1.29 is 0 Å². The molecular formula is C19H18Cl3P. The first-order valence-corrected chi connectivity index (χ1v) is 11.4. The second-order valence-electron chi connectivity index (χ2n) is 5.36. The molecule has 2 aromatic carbocycles. The zero-order valence-corrected chi connectivity index (χ0v) is 16.0. The van der Waals surface area contributed by atoms with Gasteiger partial charge in [0.05, 0.1) is 0 Å². The van der Waals surface area contributed by atoms with Crippen molar-refractivity contribution in [3.05, 3.63) is 82.4 Å². The van der Waals surface area contributed by atoms with Gasteiger partial charge in [-0.15, -0.1) is 0 Å². The average Bonchev–Trinajstić information content (AvgIpc) is 3.11. The summed E-state index contributed by atoms with van der Waals surface area (Å²) < 4.78 is 0. The lowest BCUT2D eigenvalue weighted by molar-refractivity contribution is 1.20. The van der Waals surface area contributed by atoms with Gasteiger partial charge in [0, 0.05) is 0 Å². The van der Waals surface area contributed by atoms with E-state index in [0.717, 1.165) is 12.8 Å². The molecule has 0 bridgehead atoms. The summed E-state index contributed by atoms with van der Waals surface area (Å²) in [4.78, 5) is 0. The molecule has 0 saturated carbocycles. The summed E-state index contributed by atoms with van der Waals surface area (Å²) in [5, 5.41) is 0. The Morgan fingerprint density at radius 1 is 0.826 bits per heavy atom. The van der Waals surface area contributed by atoms with Crippen LogP contribution in [0.4, 0.5) is 0 Å². The summed E-state index contributed by atoms with van der Waals surface area (Å²) in [6.45, 7) is 2.18. The summed E-state index contributed by atoms with van der Waals surface area (Å²) in [6, 6.07) is 17.1. The normalized spacial score (nSPS) is 13.3. The van der Waals surface area contributed by atoms with E-state index in [1.165, 1.54) is 27.8 Å². The van der Waals surface area contributed by atoms with E-state index in [1.54, 1.807) is 0 Å². The van der Waals surface area contributed by atoms with E-state index >= 15 is 0 Å². The number of allylic oxidation sites excluding steroid dienone is 2. The smallest absolute Gasteiger partial charge is 0.0795 e. The predicted molar refractivity (Wildman–Crippen MR) is 107 cm³/mol. The molecule has 4 heteroatoms. The van der Waals surface area contributed by atoms with Crippen molar-refractivity contribution in [3.8, 4) is 0 Å². The van der Waals surface area contributed by atoms with Crippen molar-refractivity contribution in [1.82, 2.24) is 0 Å². The number of benzene rings is 2. The first kappa shape index (κ1) is 18.6. The van der Waals surface area contributed by atoms with E-state index in [9.17, 15) is 0 Å². The molecule has 0 aliphatic heterocycles. The van der Waals surface area contributed by atoms with Crippen LogP contribution >= 0.6 is 39.7 Å². The number of hydrogen-bond donors (Lipinski definition) is 0. The van der Waals surface area contributed by atoms with Crippen molar-refractivity contribution in [3.63, 3.8) is 0 Å². The van der Waals surface area contributed by atoms with Gasteiger partial charge in [0.15, 0.2) is 5.98 Å². The van der Waals surface area contributed by atoms with Crippen LogP contribution in [-0.4, -0.2) is 0 Å². The zero-order valence-electron chi connectivity index (χ0n) is 12.8. The molecule has 0 saturated heterocycles. The summed E-state index contributed by atoms with van der Waals surface area (Å²) in [5.74, 6) is -1.20. The first-order chi connectivity index (χ1) is 11.1. The number of hydrogen-bond acceptors (Lipinski definition) is 0. The van der Waals surface area contributed by atoms with Gasteiger partial charge in [0.25, 0.3) is 0 Å². The van der Waals surface area contributed by atoms with E-state index < -0.39 is 5.98 Å². The molecule has 4 rings (SSSR count).